The van der Waals surface area contributed by atoms with Gasteiger partial charge in [-0.05, 0) is 41.5 Å². The number of aromatic nitrogens is 2. The number of halogens is 1. The highest BCUT2D eigenvalue weighted by molar-refractivity contribution is 6.03. The minimum atomic E-state index is -0.680. The highest BCUT2D eigenvalue weighted by Gasteiger charge is 2.13. The Morgan fingerprint density at radius 3 is 2.21 bits per heavy atom. The fraction of sp³-hybridized carbons (Fsp3) is 0.0400. The predicted molar refractivity (Wildman–Crippen MR) is 122 cm³/mol. The van der Waals surface area contributed by atoms with Gasteiger partial charge < -0.3 is 15.4 Å². The van der Waals surface area contributed by atoms with Crippen LogP contribution in [0.1, 0.15) is 21.0 Å². The van der Waals surface area contributed by atoms with Crippen LogP contribution in [0.4, 0.5) is 10.1 Å². The zero-order valence-corrected chi connectivity index (χ0v) is 17.6. The van der Waals surface area contributed by atoms with Crippen LogP contribution in [-0.4, -0.2) is 28.8 Å². The van der Waals surface area contributed by atoms with E-state index in [0.717, 1.165) is 17.2 Å². The summed E-state index contributed by atoms with van der Waals surface area (Å²) in [6.45, 7) is 0. The molecule has 0 atom stereocenters. The molecule has 0 unspecified atom stereocenters. The van der Waals surface area contributed by atoms with E-state index in [1.54, 1.807) is 18.2 Å². The Morgan fingerprint density at radius 2 is 1.48 bits per heavy atom. The molecule has 0 aliphatic heterocycles. The van der Waals surface area contributed by atoms with Gasteiger partial charge >= 0.3 is 0 Å². The van der Waals surface area contributed by atoms with Crippen molar-refractivity contribution in [2.75, 3.05) is 12.4 Å². The van der Waals surface area contributed by atoms with Crippen molar-refractivity contribution in [3.05, 3.63) is 102 Å². The van der Waals surface area contributed by atoms with Gasteiger partial charge in [-0.15, -0.1) is 0 Å². The second kappa shape index (κ2) is 9.69. The van der Waals surface area contributed by atoms with E-state index >= 15 is 0 Å². The first kappa shape index (κ1) is 21.6. The molecule has 0 bridgehead atoms. The molecule has 33 heavy (non-hydrogen) atoms. The summed E-state index contributed by atoms with van der Waals surface area (Å²) in [5.41, 5.74) is 2.09. The van der Waals surface area contributed by atoms with Gasteiger partial charge in [-0.1, -0.05) is 30.3 Å². The summed E-state index contributed by atoms with van der Waals surface area (Å²) in [7, 11) is 1.49. The molecule has 164 valence electrons. The number of benzene rings is 2. The van der Waals surface area contributed by atoms with Crippen LogP contribution >= 0.6 is 0 Å². The van der Waals surface area contributed by atoms with Crippen LogP contribution in [0, 0.1) is 5.82 Å². The lowest BCUT2D eigenvalue weighted by Gasteiger charge is -2.10. The summed E-state index contributed by atoms with van der Waals surface area (Å²) in [4.78, 5) is 32.4. The Bertz CT molecular complexity index is 1310. The summed E-state index contributed by atoms with van der Waals surface area (Å²) in [6, 6.07) is 20.0. The Hall–Kier alpha value is -4.59. The zero-order valence-electron chi connectivity index (χ0n) is 17.6. The molecular formula is C25H19FN4O3. The first-order chi connectivity index (χ1) is 16.0. The largest absolute Gasteiger partial charge is 0.457 e. The highest BCUT2D eigenvalue weighted by Crippen LogP contribution is 2.26. The molecule has 2 amide bonds. The van der Waals surface area contributed by atoms with Crippen molar-refractivity contribution >= 4 is 17.5 Å². The van der Waals surface area contributed by atoms with Crippen LogP contribution in [0.5, 0.6) is 11.5 Å². The average molecular weight is 442 g/mol. The van der Waals surface area contributed by atoms with Gasteiger partial charge in [0.25, 0.3) is 11.8 Å². The molecule has 4 rings (SSSR count). The molecule has 2 aromatic carbocycles. The Labute approximate surface area is 189 Å². The lowest BCUT2D eigenvalue weighted by Crippen LogP contribution is -2.18. The standard InChI is InChI=1S/C25H19FN4O3/c1-27-24(31)23-15-19(10-12-29-23)33-18-7-8-21(20(26)14-18)30-25(32)22-13-17(9-11-28-22)16-5-3-2-4-6-16/h2-15H,1H3,(H,27,31)(H,30,32). The third kappa shape index (κ3) is 5.19. The molecule has 0 fully saturated rings. The number of carbonyl (C=O) groups is 2. The molecular weight excluding hydrogens is 423 g/mol. The number of anilines is 1. The molecule has 0 saturated heterocycles. The fourth-order valence-corrected chi connectivity index (χ4v) is 3.07. The first-order valence-electron chi connectivity index (χ1n) is 10.0. The van der Waals surface area contributed by atoms with Crippen molar-refractivity contribution in [3.63, 3.8) is 0 Å². The second-order valence-electron chi connectivity index (χ2n) is 6.95. The number of nitrogens with one attached hydrogen (secondary N) is 2. The number of pyridine rings is 2. The summed E-state index contributed by atoms with van der Waals surface area (Å²) in [5.74, 6) is -1.06. The molecule has 0 radical (unpaired) electrons. The van der Waals surface area contributed by atoms with Gasteiger partial charge in [0.2, 0.25) is 0 Å². The number of carbonyl (C=O) groups excluding carboxylic acids is 2. The Kier molecular flexibility index (Phi) is 6.36. The van der Waals surface area contributed by atoms with E-state index in [-0.39, 0.29) is 28.7 Å². The third-order valence-corrected chi connectivity index (χ3v) is 4.72. The Morgan fingerprint density at radius 1 is 0.788 bits per heavy atom. The van der Waals surface area contributed by atoms with Crippen molar-refractivity contribution in [1.82, 2.24) is 15.3 Å². The maximum Gasteiger partial charge on any atom is 0.274 e. The maximum atomic E-state index is 14.6. The molecule has 8 heteroatoms. The molecule has 2 aromatic heterocycles. The molecule has 0 saturated carbocycles. The highest BCUT2D eigenvalue weighted by atomic mass is 19.1. The number of amides is 2. The summed E-state index contributed by atoms with van der Waals surface area (Å²) >= 11 is 0. The van der Waals surface area contributed by atoms with E-state index in [1.165, 1.54) is 37.6 Å². The van der Waals surface area contributed by atoms with Gasteiger partial charge in [-0.25, -0.2) is 4.39 Å². The lowest BCUT2D eigenvalue weighted by atomic mass is 10.1. The smallest absolute Gasteiger partial charge is 0.274 e. The van der Waals surface area contributed by atoms with Gasteiger partial charge in [0.05, 0.1) is 5.69 Å². The number of nitrogens with zero attached hydrogens (tertiary/aromatic N) is 2. The monoisotopic (exact) mass is 442 g/mol. The van der Waals surface area contributed by atoms with Gasteiger partial charge in [-0.2, -0.15) is 0 Å². The normalized spacial score (nSPS) is 10.4. The molecule has 0 aliphatic carbocycles. The number of hydrogen-bond donors (Lipinski definition) is 2. The van der Waals surface area contributed by atoms with E-state index in [9.17, 15) is 14.0 Å². The van der Waals surface area contributed by atoms with Gasteiger partial charge in [0.15, 0.2) is 0 Å². The fourth-order valence-electron chi connectivity index (χ4n) is 3.07. The van der Waals surface area contributed by atoms with Crippen LogP contribution < -0.4 is 15.4 Å². The topological polar surface area (TPSA) is 93.2 Å². The number of hydrogen-bond acceptors (Lipinski definition) is 5. The zero-order chi connectivity index (χ0) is 23.2. The SMILES string of the molecule is CNC(=O)c1cc(Oc2ccc(NC(=O)c3cc(-c4ccccc4)ccn3)c(F)c2)ccn1. The van der Waals surface area contributed by atoms with E-state index in [2.05, 4.69) is 20.6 Å². The maximum absolute atomic E-state index is 14.6. The van der Waals surface area contributed by atoms with Crippen LogP contribution in [0.3, 0.4) is 0 Å². The summed E-state index contributed by atoms with van der Waals surface area (Å²) < 4.78 is 20.3. The van der Waals surface area contributed by atoms with Crippen molar-refractivity contribution in [3.8, 4) is 22.6 Å². The van der Waals surface area contributed by atoms with Crippen LogP contribution in [-0.2, 0) is 0 Å². The number of rotatable bonds is 6. The minimum absolute atomic E-state index is 0.0138. The molecule has 0 spiro atoms. The van der Waals surface area contributed by atoms with E-state index in [1.807, 2.05) is 30.3 Å². The van der Waals surface area contributed by atoms with Gasteiger partial charge in [0.1, 0.15) is 28.7 Å². The molecule has 2 N–H and O–H groups in total. The second-order valence-corrected chi connectivity index (χ2v) is 6.95. The van der Waals surface area contributed by atoms with Crippen molar-refractivity contribution in [1.29, 1.82) is 0 Å². The molecule has 0 aliphatic rings. The minimum Gasteiger partial charge on any atom is -0.457 e. The van der Waals surface area contributed by atoms with Crippen molar-refractivity contribution in [2.45, 2.75) is 0 Å². The summed E-state index contributed by atoms with van der Waals surface area (Å²) in [6.07, 6.45) is 2.95. The van der Waals surface area contributed by atoms with Gasteiger partial charge in [0, 0.05) is 31.6 Å². The molecule has 2 heterocycles. The third-order valence-electron chi connectivity index (χ3n) is 4.72. The van der Waals surface area contributed by atoms with E-state index < -0.39 is 11.7 Å². The average Bonchev–Trinajstić information content (AvgIpc) is 2.86. The molecule has 7 nitrogen and oxygen atoms in total. The molecule has 4 aromatic rings. The lowest BCUT2D eigenvalue weighted by molar-refractivity contribution is 0.0957. The Balaban J connectivity index is 1.48. The van der Waals surface area contributed by atoms with Crippen LogP contribution in [0.25, 0.3) is 11.1 Å². The predicted octanol–water partition coefficient (Wildman–Crippen LogP) is 4.69. The number of ether oxygens (including phenoxy) is 1. The van der Waals surface area contributed by atoms with Crippen molar-refractivity contribution in [2.24, 2.45) is 0 Å². The first-order valence-corrected chi connectivity index (χ1v) is 10.0. The quantitative estimate of drug-likeness (QED) is 0.452. The van der Waals surface area contributed by atoms with Crippen molar-refractivity contribution < 1.29 is 18.7 Å². The van der Waals surface area contributed by atoms with E-state index in [4.69, 9.17) is 4.74 Å². The van der Waals surface area contributed by atoms with E-state index in [0.29, 0.717) is 5.75 Å². The van der Waals surface area contributed by atoms with Crippen LogP contribution in [0.15, 0.2) is 85.2 Å². The van der Waals surface area contributed by atoms with Gasteiger partial charge in [-0.3, -0.25) is 19.6 Å². The van der Waals surface area contributed by atoms with Crippen LogP contribution in [0.2, 0.25) is 0 Å². The summed E-state index contributed by atoms with van der Waals surface area (Å²) in [5, 5.41) is 5.00.